The summed E-state index contributed by atoms with van der Waals surface area (Å²) in [5, 5.41) is 8.90. The highest BCUT2D eigenvalue weighted by Crippen LogP contribution is 2.23. The lowest BCUT2D eigenvalue weighted by atomic mass is 10.9. The molecule has 0 aliphatic heterocycles. The standard InChI is InChI=1S/C9H24O2Si2/c1-11-13(4,5)9-8-12(2,3)7-6-10/h10H,6-9H2,1-5H3. The molecule has 0 saturated heterocycles. The second-order valence-corrected chi connectivity index (χ2v) is 14.9. The van der Waals surface area contributed by atoms with Gasteiger partial charge >= 0.3 is 0 Å². The zero-order chi connectivity index (χ0) is 10.5. The van der Waals surface area contributed by atoms with Crippen LogP contribution in [0.1, 0.15) is 0 Å². The van der Waals surface area contributed by atoms with Crippen LogP contribution in [0.2, 0.25) is 44.3 Å². The van der Waals surface area contributed by atoms with E-state index in [1.807, 2.05) is 7.11 Å². The van der Waals surface area contributed by atoms with Crippen LogP contribution in [-0.4, -0.2) is 35.2 Å². The van der Waals surface area contributed by atoms with Gasteiger partial charge in [0.2, 0.25) is 0 Å². The van der Waals surface area contributed by atoms with Crippen LogP contribution < -0.4 is 0 Å². The molecule has 0 saturated carbocycles. The van der Waals surface area contributed by atoms with Crippen molar-refractivity contribution >= 4 is 16.4 Å². The third kappa shape index (κ3) is 6.43. The largest absolute Gasteiger partial charge is 0.420 e. The Kier molecular flexibility index (Phi) is 5.43. The lowest BCUT2D eigenvalue weighted by Gasteiger charge is -2.26. The van der Waals surface area contributed by atoms with Crippen molar-refractivity contribution in [2.45, 2.75) is 44.3 Å². The normalized spacial score (nSPS) is 13.4. The Morgan fingerprint density at radius 3 is 1.92 bits per heavy atom. The topological polar surface area (TPSA) is 29.5 Å². The van der Waals surface area contributed by atoms with E-state index in [1.54, 1.807) is 0 Å². The minimum absolute atomic E-state index is 0.355. The van der Waals surface area contributed by atoms with E-state index in [9.17, 15) is 0 Å². The minimum atomic E-state index is -1.36. The Labute approximate surface area is 84.5 Å². The van der Waals surface area contributed by atoms with Crippen LogP contribution in [0.15, 0.2) is 0 Å². The van der Waals surface area contributed by atoms with Gasteiger partial charge in [0.25, 0.3) is 0 Å². The van der Waals surface area contributed by atoms with Gasteiger partial charge in [-0.1, -0.05) is 19.1 Å². The molecular formula is C9H24O2Si2. The number of hydrogen-bond acceptors (Lipinski definition) is 2. The first-order chi connectivity index (χ1) is 5.83. The summed E-state index contributed by atoms with van der Waals surface area (Å²) in [6, 6.07) is 3.56. The van der Waals surface area contributed by atoms with Crippen LogP contribution in [0.5, 0.6) is 0 Å². The fraction of sp³-hybridized carbons (Fsp3) is 1.00. The third-order valence-corrected chi connectivity index (χ3v) is 8.99. The summed E-state index contributed by atoms with van der Waals surface area (Å²) in [6.45, 7) is 9.58. The van der Waals surface area contributed by atoms with E-state index in [2.05, 4.69) is 26.2 Å². The van der Waals surface area contributed by atoms with Gasteiger partial charge in [-0.25, -0.2) is 0 Å². The Bertz CT molecular complexity index is 147. The van der Waals surface area contributed by atoms with Gasteiger partial charge in [-0.15, -0.1) is 0 Å². The van der Waals surface area contributed by atoms with Crippen molar-refractivity contribution in [3.63, 3.8) is 0 Å². The molecule has 0 aromatic carbocycles. The first-order valence-electron chi connectivity index (χ1n) is 4.99. The molecule has 0 aromatic rings. The van der Waals surface area contributed by atoms with Gasteiger partial charge < -0.3 is 9.53 Å². The van der Waals surface area contributed by atoms with Crippen LogP contribution in [-0.2, 0) is 4.43 Å². The van der Waals surface area contributed by atoms with Gasteiger partial charge in [-0.05, 0) is 25.2 Å². The highest BCUT2D eigenvalue weighted by atomic mass is 28.4. The van der Waals surface area contributed by atoms with Crippen LogP contribution in [0, 0.1) is 0 Å². The maximum Gasteiger partial charge on any atom is 0.185 e. The van der Waals surface area contributed by atoms with Crippen LogP contribution >= 0.6 is 0 Å². The van der Waals surface area contributed by atoms with E-state index in [1.165, 1.54) is 12.1 Å². The summed E-state index contributed by atoms with van der Waals surface area (Å²) in [6.07, 6.45) is 0. The van der Waals surface area contributed by atoms with Crippen molar-refractivity contribution in [3.05, 3.63) is 0 Å². The maximum absolute atomic E-state index is 8.90. The average molecular weight is 220 g/mol. The summed E-state index contributed by atoms with van der Waals surface area (Å²) in [5.41, 5.74) is 0. The average Bonchev–Trinajstić information content (AvgIpc) is 2.02. The van der Waals surface area contributed by atoms with Crippen LogP contribution in [0.3, 0.4) is 0 Å². The summed E-state index contributed by atoms with van der Waals surface area (Å²) >= 11 is 0. The lowest BCUT2D eigenvalue weighted by Crippen LogP contribution is -2.34. The fourth-order valence-electron chi connectivity index (χ4n) is 1.17. The highest BCUT2D eigenvalue weighted by Gasteiger charge is 2.27. The van der Waals surface area contributed by atoms with E-state index in [-0.39, 0.29) is 0 Å². The van der Waals surface area contributed by atoms with Crippen LogP contribution in [0.4, 0.5) is 0 Å². The molecule has 0 heterocycles. The minimum Gasteiger partial charge on any atom is -0.420 e. The van der Waals surface area contributed by atoms with Gasteiger partial charge in [0.05, 0.1) is 0 Å². The molecule has 2 nitrogen and oxygen atoms in total. The molecule has 80 valence electrons. The van der Waals surface area contributed by atoms with Crippen LogP contribution in [0.25, 0.3) is 0 Å². The number of hydrogen-bond donors (Lipinski definition) is 1. The molecule has 0 unspecified atom stereocenters. The summed E-state index contributed by atoms with van der Waals surface area (Å²) in [7, 11) is -0.661. The van der Waals surface area contributed by atoms with Crippen molar-refractivity contribution in [1.29, 1.82) is 0 Å². The lowest BCUT2D eigenvalue weighted by molar-refractivity contribution is 0.316. The van der Waals surface area contributed by atoms with E-state index in [4.69, 9.17) is 9.53 Å². The fourth-order valence-corrected chi connectivity index (χ4v) is 7.34. The Morgan fingerprint density at radius 2 is 1.54 bits per heavy atom. The second kappa shape index (κ2) is 5.29. The molecule has 0 fully saturated rings. The second-order valence-electron chi connectivity index (χ2n) is 5.10. The SMILES string of the molecule is CO[Si](C)(C)CC[Si](C)(C)CCO. The first-order valence-corrected chi connectivity index (χ1v) is 11.5. The highest BCUT2D eigenvalue weighted by molar-refractivity contribution is 6.80. The van der Waals surface area contributed by atoms with Crippen molar-refractivity contribution in [3.8, 4) is 0 Å². The molecule has 0 amide bonds. The molecule has 0 rings (SSSR count). The van der Waals surface area contributed by atoms with E-state index in [0.717, 1.165) is 6.04 Å². The number of aliphatic hydroxyl groups is 1. The smallest absolute Gasteiger partial charge is 0.185 e. The molecule has 0 bridgehead atoms. The van der Waals surface area contributed by atoms with Crippen molar-refractivity contribution in [2.75, 3.05) is 13.7 Å². The third-order valence-electron chi connectivity index (χ3n) is 2.75. The molecule has 0 atom stereocenters. The number of aliphatic hydroxyl groups excluding tert-OH is 1. The van der Waals surface area contributed by atoms with E-state index >= 15 is 0 Å². The predicted molar refractivity (Wildman–Crippen MR) is 63.5 cm³/mol. The van der Waals surface area contributed by atoms with Crippen molar-refractivity contribution in [2.24, 2.45) is 0 Å². The molecular weight excluding hydrogens is 196 g/mol. The molecule has 0 aliphatic rings. The zero-order valence-electron chi connectivity index (χ0n) is 9.68. The van der Waals surface area contributed by atoms with Gasteiger partial charge in [0.15, 0.2) is 8.32 Å². The summed E-state index contributed by atoms with van der Waals surface area (Å²) in [4.78, 5) is 0. The molecule has 0 aromatic heterocycles. The predicted octanol–water partition coefficient (Wildman–Crippen LogP) is 2.54. The van der Waals surface area contributed by atoms with Crippen molar-refractivity contribution < 1.29 is 9.53 Å². The molecule has 0 aliphatic carbocycles. The quantitative estimate of drug-likeness (QED) is 0.697. The Morgan fingerprint density at radius 1 is 1.00 bits per heavy atom. The zero-order valence-corrected chi connectivity index (χ0v) is 11.7. The maximum atomic E-state index is 8.90. The van der Waals surface area contributed by atoms with Gasteiger partial charge in [0, 0.05) is 21.8 Å². The summed E-state index contributed by atoms with van der Waals surface area (Å²) < 4.78 is 5.51. The first kappa shape index (κ1) is 13.4. The van der Waals surface area contributed by atoms with Crippen molar-refractivity contribution in [1.82, 2.24) is 0 Å². The monoisotopic (exact) mass is 220 g/mol. The van der Waals surface area contributed by atoms with E-state index in [0.29, 0.717) is 6.61 Å². The van der Waals surface area contributed by atoms with Gasteiger partial charge in [0.1, 0.15) is 0 Å². The molecule has 1 N–H and O–H groups in total. The summed E-state index contributed by atoms with van der Waals surface area (Å²) in [5.74, 6) is 0. The molecule has 4 heteroatoms. The molecule has 13 heavy (non-hydrogen) atoms. The molecule has 0 radical (unpaired) electrons. The van der Waals surface area contributed by atoms with Gasteiger partial charge in [-0.3, -0.25) is 0 Å². The van der Waals surface area contributed by atoms with E-state index < -0.39 is 16.4 Å². The Balaban J connectivity index is 3.86. The number of rotatable bonds is 6. The Hall–Kier alpha value is 0.354. The molecule has 0 spiro atoms. The van der Waals surface area contributed by atoms with Gasteiger partial charge in [-0.2, -0.15) is 0 Å².